The first-order chi connectivity index (χ1) is 44.2. The smallest absolute Gasteiger partial charge is 0.0462 e. The molecule has 2 unspecified atom stereocenters. The molecule has 2 atom stereocenters. The number of rotatable bonds is 22. The van der Waals surface area contributed by atoms with E-state index < -0.39 is 0 Å². The Balaban J connectivity index is 0.776. The van der Waals surface area contributed by atoms with Crippen molar-refractivity contribution in [2.45, 2.75) is 118 Å². The molecule has 446 valence electrons. The fourth-order valence-electron chi connectivity index (χ4n) is 13.3. The zero-order valence-electron chi connectivity index (χ0n) is 53.5. The maximum atomic E-state index is 2.48. The topological polar surface area (TPSA) is 6.48 Å². The van der Waals surface area contributed by atoms with Gasteiger partial charge in [0.1, 0.15) is 0 Å². The molecule has 0 spiro atoms. The number of fused-ring (bicyclic) bond motifs is 3. The number of anilines is 6. The van der Waals surface area contributed by atoms with Crippen LogP contribution in [0.5, 0.6) is 0 Å². The SMILES string of the molecule is CCCCc1ccc(-c2ccc(N(c3ccc(-c4ccc(-c5ccc(N(c6ccc(-c7cc(-c8ccc(CCCC)cc8)cc(-c8cc9c(c%10ccccc8%10)CC9)c7)cc6)c6ccc(C(C)CC)cc6)cc5)cc4)cc3)c3ccc(C(C)CC)cc3)cc2)cc1. The van der Waals surface area contributed by atoms with Crippen LogP contribution in [0.15, 0.2) is 267 Å². The summed E-state index contributed by atoms with van der Waals surface area (Å²) in [6.45, 7) is 13.7. The van der Waals surface area contributed by atoms with E-state index in [0.717, 1.165) is 72.6 Å². The van der Waals surface area contributed by atoms with Crippen LogP contribution in [0.2, 0.25) is 0 Å². The van der Waals surface area contributed by atoms with Crippen LogP contribution in [-0.4, -0.2) is 0 Å². The molecule has 0 aromatic heterocycles. The summed E-state index contributed by atoms with van der Waals surface area (Å²) in [5.41, 5.74) is 30.0. The van der Waals surface area contributed by atoms with Crippen LogP contribution in [0.1, 0.15) is 125 Å². The highest BCUT2D eigenvalue weighted by molar-refractivity contribution is 6.01. The molecule has 2 heteroatoms. The van der Waals surface area contributed by atoms with E-state index in [1.807, 2.05) is 0 Å². The first-order valence-electron chi connectivity index (χ1n) is 33.4. The first kappa shape index (κ1) is 59.5. The van der Waals surface area contributed by atoms with Gasteiger partial charge in [-0.3, -0.25) is 0 Å². The Hall–Kier alpha value is -9.50. The van der Waals surface area contributed by atoms with Gasteiger partial charge in [0, 0.05) is 34.1 Å². The molecular weight excluding hydrogens is 1080 g/mol. The van der Waals surface area contributed by atoms with E-state index >= 15 is 0 Å². The second-order valence-corrected chi connectivity index (χ2v) is 25.2. The van der Waals surface area contributed by atoms with Crippen LogP contribution in [0, 0.1) is 0 Å². The quantitative estimate of drug-likeness (QED) is 0.0667. The third-order valence-corrected chi connectivity index (χ3v) is 19.4. The first-order valence-corrected chi connectivity index (χ1v) is 33.4. The van der Waals surface area contributed by atoms with Crippen LogP contribution in [0.25, 0.3) is 77.5 Å². The van der Waals surface area contributed by atoms with Gasteiger partial charge in [-0.15, -0.1) is 0 Å². The molecule has 0 fully saturated rings. The molecule has 0 bridgehead atoms. The number of aryl methyl sites for hydroxylation is 4. The molecule has 90 heavy (non-hydrogen) atoms. The zero-order valence-corrected chi connectivity index (χ0v) is 53.5. The maximum Gasteiger partial charge on any atom is 0.0462 e. The van der Waals surface area contributed by atoms with Gasteiger partial charge >= 0.3 is 0 Å². The lowest BCUT2D eigenvalue weighted by molar-refractivity contribution is 0.733. The molecular formula is C88H84N2. The van der Waals surface area contributed by atoms with Gasteiger partial charge in [0.25, 0.3) is 0 Å². The minimum Gasteiger partial charge on any atom is -0.311 e. The molecule has 0 saturated heterocycles. The van der Waals surface area contributed by atoms with Crippen molar-refractivity contribution >= 4 is 44.9 Å². The Morgan fingerprint density at radius 2 is 0.600 bits per heavy atom. The maximum absolute atomic E-state index is 2.48. The summed E-state index contributed by atoms with van der Waals surface area (Å²) >= 11 is 0. The summed E-state index contributed by atoms with van der Waals surface area (Å²) in [4.78, 5) is 4.79. The number of hydrogen-bond acceptors (Lipinski definition) is 2. The van der Waals surface area contributed by atoms with Gasteiger partial charge in [0.2, 0.25) is 0 Å². The van der Waals surface area contributed by atoms with Crippen molar-refractivity contribution in [3.63, 3.8) is 0 Å². The lowest BCUT2D eigenvalue weighted by Crippen LogP contribution is -2.10. The van der Waals surface area contributed by atoms with Gasteiger partial charge < -0.3 is 9.80 Å². The number of benzene rings is 12. The summed E-state index contributed by atoms with van der Waals surface area (Å²) in [5, 5.41) is 2.73. The van der Waals surface area contributed by atoms with Crippen molar-refractivity contribution in [2.75, 3.05) is 9.80 Å². The van der Waals surface area contributed by atoms with E-state index in [9.17, 15) is 0 Å². The molecule has 0 heterocycles. The molecule has 13 rings (SSSR count). The van der Waals surface area contributed by atoms with Gasteiger partial charge in [-0.25, -0.2) is 0 Å². The van der Waals surface area contributed by atoms with Crippen molar-refractivity contribution < 1.29 is 0 Å². The fraction of sp³-hybridized carbons (Fsp3) is 0.205. The minimum absolute atomic E-state index is 0.494. The summed E-state index contributed by atoms with van der Waals surface area (Å²) in [6.07, 6.45) is 11.6. The molecule has 12 aromatic rings. The molecule has 1 aliphatic carbocycles. The predicted octanol–water partition coefficient (Wildman–Crippen LogP) is 25.6. The Kier molecular flexibility index (Phi) is 17.9. The Morgan fingerprint density at radius 1 is 0.300 bits per heavy atom. The molecule has 0 aliphatic heterocycles. The van der Waals surface area contributed by atoms with Crippen molar-refractivity contribution in [3.05, 3.63) is 300 Å². The van der Waals surface area contributed by atoms with E-state index in [1.54, 1.807) is 0 Å². The lowest BCUT2D eigenvalue weighted by Gasteiger charge is -2.26. The summed E-state index contributed by atoms with van der Waals surface area (Å²) < 4.78 is 0. The summed E-state index contributed by atoms with van der Waals surface area (Å²) in [7, 11) is 0. The fourth-order valence-corrected chi connectivity index (χ4v) is 13.3. The van der Waals surface area contributed by atoms with E-state index in [2.05, 4.69) is 318 Å². The van der Waals surface area contributed by atoms with Crippen molar-refractivity contribution in [3.8, 4) is 66.8 Å². The van der Waals surface area contributed by atoms with Crippen molar-refractivity contribution in [1.82, 2.24) is 0 Å². The predicted molar refractivity (Wildman–Crippen MR) is 388 cm³/mol. The van der Waals surface area contributed by atoms with Crippen LogP contribution in [0.4, 0.5) is 34.1 Å². The normalized spacial score (nSPS) is 12.5. The van der Waals surface area contributed by atoms with Gasteiger partial charge in [-0.2, -0.15) is 0 Å². The highest BCUT2D eigenvalue weighted by Gasteiger charge is 2.22. The van der Waals surface area contributed by atoms with E-state index in [4.69, 9.17) is 0 Å². The molecule has 2 nitrogen and oxygen atoms in total. The highest BCUT2D eigenvalue weighted by Crippen LogP contribution is 2.44. The van der Waals surface area contributed by atoms with Gasteiger partial charge in [-0.1, -0.05) is 230 Å². The number of unbranched alkanes of at least 4 members (excludes halogenated alkanes) is 2. The van der Waals surface area contributed by atoms with E-state index in [1.165, 1.54) is 137 Å². The van der Waals surface area contributed by atoms with E-state index in [0.29, 0.717) is 11.8 Å². The molecule has 12 aromatic carbocycles. The molecule has 0 amide bonds. The molecule has 0 N–H and O–H groups in total. The number of hydrogen-bond donors (Lipinski definition) is 0. The average molecular weight is 1170 g/mol. The highest BCUT2D eigenvalue weighted by atomic mass is 15.1. The third kappa shape index (κ3) is 12.7. The van der Waals surface area contributed by atoms with Crippen LogP contribution < -0.4 is 9.80 Å². The standard InChI is InChI=1S/C88H84N2/c1-7-11-15-63-19-23-67(24-20-63)70-35-48-81(49-36-70)89(79-44-31-65(32-45-79)61(5)9-3)82-50-37-71(38-51-82)68-27-29-69(30-28-68)72-39-52-83(53-40-72)90(80-46-33-66(34-47-80)62(6)10-4)84-54-41-74(42-55-84)77-57-76(73-25-21-64(22-26-73)16-12-8-2)58-78(59-77)88-60-75-43-56-85(75)86-17-13-14-18-87(86)88/h13-14,17-42,44-55,57-62H,7-12,15-16,43,56H2,1-6H3. The van der Waals surface area contributed by atoms with E-state index in [-0.39, 0.29) is 0 Å². The van der Waals surface area contributed by atoms with Crippen molar-refractivity contribution in [1.29, 1.82) is 0 Å². The van der Waals surface area contributed by atoms with Gasteiger partial charge in [0.05, 0.1) is 0 Å². The second kappa shape index (κ2) is 27.1. The number of nitrogens with zero attached hydrogens (tertiary/aromatic N) is 2. The van der Waals surface area contributed by atoms with Gasteiger partial charge in [-0.05, 0) is 265 Å². The lowest BCUT2D eigenvalue weighted by atomic mass is 9.80. The molecule has 1 aliphatic rings. The second-order valence-electron chi connectivity index (χ2n) is 25.2. The van der Waals surface area contributed by atoms with Crippen LogP contribution in [0.3, 0.4) is 0 Å². The summed E-state index contributed by atoms with van der Waals surface area (Å²) in [5.74, 6) is 1.01. The average Bonchev–Trinajstić information content (AvgIpc) is 0.837. The van der Waals surface area contributed by atoms with Crippen molar-refractivity contribution in [2.24, 2.45) is 0 Å². The molecule has 0 radical (unpaired) electrons. The monoisotopic (exact) mass is 1170 g/mol. The largest absolute Gasteiger partial charge is 0.311 e. The van der Waals surface area contributed by atoms with Crippen LogP contribution in [-0.2, 0) is 25.7 Å². The van der Waals surface area contributed by atoms with Gasteiger partial charge in [0.15, 0.2) is 0 Å². The molecule has 0 saturated carbocycles. The Bertz CT molecular complexity index is 4350. The van der Waals surface area contributed by atoms with Crippen LogP contribution >= 0.6 is 0 Å². The third-order valence-electron chi connectivity index (χ3n) is 19.4. The summed E-state index contributed by atoms with van der Waals surface area (Å²) in [6, 6.07) is 101. The minimum atomic E-state index is 0.494. The Morgan fingerprint density at radius 3 is 0.922 bits per heavy atom. The zero-order chi connectivity index (χ0) is 61.5. The Labute approximate surface area is 536 Å².